The van der Waals surface area contributed by atoms with Gasteiger partial charge in [-0.05, 0) is 43.9 Å². The van der Waals surface area contributed by atoms with E-state index in [-0.39, 0.29) is 12.5 Å². The lowest BCUT2D eigenvalue weighted by atomic mass is 10.0. The van der Waals surface area contributed by atoms with Crippen LogP contribution in [0.5, 0.6) is 0 Å². The maximum atomic E-state index is 11.6. The average Bonchev–Trinajstić information content (AvgIpc) is 2.97. The quantitative estimate of drug-likeness (QED) is 0.786. The molecule has 1 aliphatic rings. The SMILES string of the molecule is CCC(C)(O)CNC(=O)C=Cc1ccc(C2CC2C)o1. The fraction of sp³-hybridized carbons (Fsp3) is 0.562. The van der Waals surface area contributed by atoms with Crippen LogP contribution in [0.25, 0.3) is 6.08 Å². The van der Waals surface area contributed by atoms with E-state index in [1.807, 2.05) is 19.1 Å². The van der Waals surface area contributed by atoms with Crippen molar-refractivity contribution in [2.45, 2.75) is 45.1 Å². The first-order valence-corrected chi connectivity index (χ1v) is 7.19. The van der Waals surface area contributed by atoms with Crippen molar-refractivity contribution >= 4 is 12.0 Å². The van der Waals surface area contributed by atoms with Crippen molar-refractivity contribution in [3.63, 3.8) is 0 Å². The Kier molecular flexibility index (Phi) is 4.33. The summed E-state index contributed by atoms with van der Waals surface area (Å²) >= 11 is 0. The van der Waals surface area contributed by atoms with Gasteiger partial charge in [0.2, 0.25) is 5.91 Å². The summed E-state index contributed by atoms with van der Waals surface area (Å²) in [5.74, 6) is 2.72. The molecule has 1 aliphatic carbocycles. The van der Waals surface area contributed by atoms with E-state index >= 15 is 0 Å². The molecule has 2 rings (SSSR count). The summed E-state index contributed by atoms with van der Waals surface area (Å²) in [6.45, 7) is 6.03. The molecule has 0 aliphatic heterocycles. The second-order valence-corrected chi connectivity index (χ2v) is 5.96. The Hall–Kier alpha value is -1.55. The Morgan fingerprint density at radius 1 is 1.60 bits per heavy atom. The van der Waals surface area contributed by atoms with Crippen molar-refractivity contribution in [2.75, 3.05) is 6.54 Å². The lowest BCUT2D eigenvalue weighted by molar-refractivity contribution is -0.117. The Morgan fingerprint density at radius 2 is 2.30 bits per heavy atom. The molecule has 20 heavy (non-hydrogen) atoms. The highest BCUT2D eigenvalue weighted by Gasteiger charge is 2.36. The number of hydrogen-bond donors (Lipinski definition) is 2. The van der Waals surface area contributed by atoms with Gasteiger partial charge in [0.05, 0.1) is 5.60 Å². The summed E-state index contributed by atoms with van der Waals surface area (Å²) in [4.78, 5) is 11.6. The molecule has 0 saturated heterocycles. The standard InChI is InChI=1S/C16H23NO3/c1-4-16(3,19)10-17-15(18)8-6-12-5-7-14(20-12)13-9-11(13)2/h5-8,11,13,19H,4,9-10H2,1-3H3,(H,17,18). The van der Waals surface area contributed by atoms with Gasteiger partial charge >= 0.3 is 0 Å². The fourth-order valence-corrected chi connectivity index (χ4v) is 2.00. The van der Waals surface area contributed by atoms with Gasteiger partial charge in [-0.1, -0.05) is 13.8 Å². The first-order chi connectivity index (χ1) is 9.41. The van der Waals surface area contributed by atoms with Gasteiger partial charge in [-0.15, -0.1) is 0 Å². The third-order valence-corrected chi connectivity index (χ3v) is 3.93. The Bertz CT molecular complexity index is 502. The molecule has 3 atom stereocenters. The highest BCUT2D eigenvalue weighted by molar-refractivity contribution is 5.91. The number of furan rings is 1. The topological polar surface area (TPSA) is 62.5 Å². The molecular weight excluding hydrogens is 254 g/mol. The van der Waals surface area contributed by atoms with E-state index in [0.717, 1.165) is 5.76 Å². The van der Waals surface area contributed by atoms with Crippen LogP contribution in [0.1, 0.15) is 51.1 Å². The highest BCUT2D eigenvalue weighted by atomic mass is 16.3. The number of carbonyl (C=O) groups excluding carboxylic acids is 1. The number of hydrogen-bond acceptors (Lipinski definition) is 3. The van der Waals surface area contributed by atoms with Gasteiger partial charge in [-0.25, -0.2) is 0 Å². The third-order valence-electron chi connectivity index (χ3n) is 3.93. The molecule has 110 valence electrons. The smallest absolute Gasteiger partial charge is 0.244 e. The molecule has 0 spiro atoms. The van der Waals surface area contributed by atoms with Crippen molar-refractivity contribution in [1.29, 1.82) is 0 Å². The van der Waals surface area contributed by atoms with E-state index in [1.54, 1.807) is 13.0 Å². The molecule has 0 radical (unpaired) electrons. The van der Waals surface area contributed by atoms with Crippen LogP contribution in [0.2, 0.25) is 0 Å². The molecule has 4 nitrogen and oxygen atoms in total. The van der Waals surface area contributed by atoms with E-state index in [9.17, 15) is 9.90 Å². The van der Waals surface area contributed by atoms with Crippen LogP contribution in [0.15, 0.2) is 22.6 Å². The van der Waals surface area contributed by atoms with E-state index < -0.39 is 5.60 Å². The van der Waals surface area contributed by atoms with Crippen LogP contribution in [0, 0.1) is 5.92 Å². The predicted molar refractivity (Wildman–Crippen MR) is 78.2 cm³/mol. The van der Waals surface area contributed by atoms with E-state index in [0.29, 0.717) is 24.0 Å². The van der Waals surface area contributed by atoms with Crippen LogP contribution in [-0.2, 0) is 4.79 Å². The second-order valence-electron chi connectivity index (χ2n) is 5.96. The average molecular weight is 277 g/mol. The third kappa shape index (κ3) is 3.97. The van der Waals surface area contributed by atoms with E-state index in [4.69, 9.17) is 4.42 Å². The lowest BCUT2D eigenvalue weighted by Crippen LogP contribution is -2.39. The maximum Gasteiger partial charge on any atom is 0.244 e. The molecule has 1 aromatic rings. The molecule has 0 bridgehead atoms. The van der Waals surface area contributed by atoms with Gasteiger partial charge in [-0.3, -0.25) is 4.79 Å². The van der Waals surface area contributed by atoms with E-state index in [1.165, 1.54) is 12.5 Å². The van der Waals surface area contributed by atoms with Gasteiger partial charge in [-0.2, -0.15) is 0 Å². The summed E-state index contributed by atoms with van der Waals surface area (Å²) in [7, 11) is 0. The molecule has 1 fully saturated rings. The molecule has 3 unspecified atom stereocenters. The van der Waals surface area contributed by atoms with Gasteiger partial charge in [0, 0.05) is 18.5 Å². The lowest BCUT2D eigenvalue weighted by Gasteiger charge is -2.20. The number of carbonyl (C=O) groups is 1. The zero-order chi connectivity index (χ0) is 14.8. The second kappa shape index (κ2) is 5.83. The number of amides is 1. The predicted octanol–water partition coefficient (Wildman–Crippen LogP) is 2.69. The monoisotopic (exact) mass is 277 g/mol. The Balaban J connectivity index is 1.83. The fourth-order valence-electron chi connectivity index (χ4n) is 2.00. The van der Waals surface area contributed by atoms with Crippen LogP contribution in [0.3, 0.4) is 0 Å². The first-order valence-electron chi connectivity index (χ1n) is 7.19. The number of aliphatic hydroxyl groups is 1. The Morgan fingerprint density at radius 3 is 2.90 bits per heavy atom. The minimum Gasteiger partial charge on any atom is -0.461 e. The molecule has 1 amide bonds. The zero-order valence-corrected chi connectivity index (χ0v) is 12.3. The van der Waals surface area contributed by atoms with Crippen molar-refractivity contribution in [3.05, 3.63) is 29.7 Å². The molecule has 0 aromatic carbocycles. The minimum atomic E-state index is -0.858. The largest absolute Gasteiger partial charge is 0.461 e. The molecule has 1 saturated carbocycles. The molecule has 2 N–H and O–H groups in total. The number of rotatable bonds is 6. The zero-order valence-electron chi connectivity index (χ0n) is 12.3. The van der Waals surface area contributed by atoms with Crippen molar-refractivity contribution in [3.8, 4) is 0 Å². The maximum absolute atomic E-state index is 11.6. The van der Waals surface area contributed by atoms with Gasteiger partial charge < -0.3 is 14.8 Å². The summed E-state index contributed by atoms with van der Waals surface area (Å²) in [5, 5.41) is 12.5. The summed E-state index contributed by atoms with van der Waals surface area (Å²) in [6.07, 6.45) is 4.87. The van der Waals surface area contributed by atoms with Crippen LogP contribution in [-0.4, -0.2) is 23.2 Å². The van der Waals surface area contributed by atoms with Crippen molar-refractivity contribution < 1.29 is 14.3 Å². The summed E-state index contributed by atoms with van der Waals surface area (Å²) < 4.78 is 5.68. The first kappa shape index (κ1) is 14.9. The molecule has 1 heterocycles. The Labute approximate surface area is 119 Å². The molecular formula is C16H23NO3. The normalized spacial score (nSPS) is 24.6. The van der Waals surface area contributed by atoms with Crippen molar-refractivity contribution in [1.82, 2.24) is 5.32 Å². The number of nitrogens with one attached hydrogen (secondary N) is 1. The minimum absolute atomic E-state index is 0.225. The van der Waals surface area contributed by atoms with Crippen molar-refractivity contribution in [2.24, 2.45) is 5.92 Å². The molecule has 4 heteroatoms. The highest BCUT2D eigenvalue weighted by Crippen LogP contribution is 2.47. The van der Waals surface area contributed by atoms with Gasteiger partial charge in [0.1, 0.15) is 11.5 Å². The molecule has 1 aromatic heterocycles. The van der Waals surface area contributed by atoms with Gasteiger partial charge in [0.15, 0.2) is 0 Å². The van der Waals surface area contributed by atoms with Crippen LogP contribution in [0.4, 0.5) is 0 Å². The summed E-state index contributed by atoms with van der Waals surface area (Å²) in [5.41, 5.74) is -0.858. The van der Waals surface area contributed by atoms with Crippen LogP contribution >= 0.6 is 0 Å². The van der Waals surface area contributed by atoms with Crippen LogP contribution < -0.4 is 5.32 Å². The van der Waals surface area contributed by atoms with Gasteiger partial charge in [0.25, 0.3) is 0 Å². The van der Waals surface area contributed by atoms with E-state index in [2.05, 4.69) is 12.2 Å². The summed E-state index contributed by atoms with van der Waals surface area (Å²) in [6, 6.07) is 3.86.